The maximum atomic E-state index is 14.7. The van der Waals surface area contributed by atoms with Crippen molar-refractivity contribution in [3.05, 3.63) is 52.6 Å². The van der Waals surface area contributed by atoms with Crippen molar-refractivity contribution in [2.24, 2.45) is 0 Å². The average molecular weight is 565 g/mol. The molecule has 10 nitrogen and oxygen atoms in total. The predicted octanol–water partition coefficient (Wildman–Crippen LogP) is 3.47. The monoisotopic (exact) mass is 564 g/mol. The number of likely N-dealkylation sites (N-methyl/N-ethyl adjacent to an activating group) is 1. The molecule has 3 aliphatic rings. The Balaban J connectivity index is 1.35. The van der Waals surface area contributed by atoms with Crippen molar-refractivity contribution in [3.63, 3.8) is 0 Å². The number of halogens is 2. The number of fused-ring (bicyclic) bond motifs is 2. The van der Waals surface area contributed by atoms with Crippen LogP contribution < -0.4 is 15.0 Å². The highest BCUT2D eigenvalue weighted by Gasteiger charge is 2.34. The molecule has 0 bridgehead atoms. The van der Waals surface area contributed by atoms with Crippen LogP contribution in [0.25, 0.3) is 10.9 Å². The Morgan fingerprint density at radius 2 is 2.25 bits per heavy atom. The van der Waals surface area contributed by atoms with E-state index < -0.39 is 5.82 Å². The Morgan fingerprint density at radius 1 is 1.43 bits per heavy atom. The number of hydrogen-bond donors (Lipinski definition) is 2. The molecule has 1 amide bonds. The molecule has 1 atom stereocenters. The van der Waals surface area contributed by atoms with Crippen molar-refractivity contribution in [2.75, 3.05) is 50.1 Å². The van der Waals surface area contributed by atoms with E-state index in [2.05, 4.69) is 40.1 Å². The van der Waals surface area contributed by atoms with Crippen LogP contribution in [0.5, 0.6) is 5.88 Å². The minimum Gasteiger partial charge on any atom is -0.475 e. The number of pyridine rings is 1. The summed E-state index contributed by atoms with van der Waals surface area (Å²) in [7, 11) is 2.07. The van der Waals surface area contributed by atoms with E-state index in [-0.39, 0.29) is 28.9 Å². The molecule has 208 valence electrons. The van der Waals surface area contributed by atoms with Gasteiger partial charge in [-0.05, 0) is 38.9 Å². The molecule has 2 fully saturated rings. The van der Waals surface area contributed by atoms with Crippen molar-refractivity contribution in [2.45, 2.75) is 37.9 Å². The van der Waals surface area contributed by atoms with Crippen LogP contribution in [0.3, 0.4) is 0 Å². The van der Waals surface area contributed by atoms with Gasteiger partial charge in [0.1, 0.15) is 29.1 Å². The van der Waals surface area contributed by atoms with Crippen LogP contribution in [0.2, 0.25) is 5.02 Å². The van der Waals surface area contributed by atoms with Crippen molar-refractivity contribution < 1.29 is 13.9 Å². The van der Waals surface area contributed by atoms with Crippen LogP contribution in [-0.4, -0.2) is 82.8 Å². The maximum Gasteiger partial charge on any atom is 0.246 e. The zero-order valence-electron chi connectivity index (χ0n) is 22.2. The zero-order valence-corrected chi connectivity index (χ0v) is 23.0. The molecule has 2 N–H and O–H groups in total. The van der Waals surface area contributed by atoms with Gasteiger partial charge in [0.05, 0.1) is 41.4 Å². The zero-order chi connectivity index (χ0) is 28.0. The summed E-state index contributed by atoms with van der Waals surface area (Å²) in [6.45, 7) is 6.91. The minimum atomic E-state index is -0.525. The number of aromatic amines is 1. The number of aromatic nitrogens is 3. The van der Waals surface area contributed by atoms with Crippen LogP contribution in [-0.2, 0) is 17.8 Å². The number of carbonyl (C=O) groups excluding carboxylic acids is 1. The average Bonchev–Trinajstić information content (AvgIpc) is 3.56. The lowest BCUT2D eigenvalue weighted by atomic mass is 9.97. The van der Waals surface area contributed by atoms with Gasteiger partial charge in [0.15, 0.2) is 0 Å². The molecule has 40 heavy (non-hydrogen) atoms. The summed E-state index contributed by atoms with van der Waals surface area (Å²) in [5.74, 6) is -0.362. The van der Waals surface area contributed by atoms with Crippen LogP contribution in [0, 0.1) is 17.1 Å². The Labute approximate surface area is 236 Å². The summed E-state index contributed by atoms with van der Waals surface area (Å²) in [4.78, 5) is 22.8. The Morgan fingerprint density at radius 3 is 2.98 bits per heavy atom. The topological polar surface area (TPSA) is 113 Å². The highest BCUT2D eigenvalue weighted by atomic mass is 35.5. The highest BCUT2D eigenvalue weighted by Crippen LogP contribution is 2.41. The summed E-state index contributed by atoms with van der Waals surface area (Å²) in [6.07, 6.45) is 5.63. The second kappa shape index (κ2) is 10.6. The van der Waals surface area contributed by atoms with Crippen LogP contribution >= 0.6 is 11.6 Å². The van der Waals surface area contributed by atoms with Gasteiger partial charge in [0.25, 0.3) is 0 Å². The molecule has 2 saturated heterocycles. The molecular formula is C28H30ClFN8O2. The number of rotatable bonds is 7. The number of nitriles is 1. The molecule has 1 aromatic carbocycles. The molecule has 2 aromatic heterocycles. The molecule has 3 aromatic rings. The lowest BCUT2D eigenvalue weighted by Gasteiger charge is -2.40. The van der Waals surface area contributed by atoms with Crippen molar-refractivity contribution in [3.8, 4) is 11.9 Å². The van der Waals surface area contributed by atoms with Gasteiger partial charge in [-0.3, -0.25) is 9.89 Å². The summed E-state index contributed by atoms with van der Waals surface area (Å²) >= 11 is 6.48. The van der Waals surface area contributed by atoms with E-state index >= 15 is 0 Å². The third kappa shape index (κ3) is 4.61. The molecule has 6 rings (SSSR count). The number of amides is 1. The lowest BCUT2D eigenvalue weighted by Crippen LogP contribution is -2.56. The first-order valence-corrected chi connectivity index (χ1v) is 13.8. The first-order chi connectivity index (χ1) is 19.4. The van der Waals surface area contributed by atoms with Crippen LogP contribution in [0.1, 0.15) is 29.7 Å². The quantitative estimate of drug-likeness (QED) is 0.420. The number of benzene rings is 1. The van der Waals surface area contributed by atoms with E-state index in [9.17, 15) is 14.4 Å². The number of nitrogens with zero attached hydrogens (tertiary/aromatic N) is 6. The molecule has 5 heterocycles. The van der Waals surface area contributed by atoms with E-state index in [0.29, 0.717) is 61.7 Å². The van der Waals surface area contributed by atoms with E-state index in [1.54, 1.807) is 11.1 Å². The SMILES string of the molecule is C=CC(=O)N1CC(Nc2c(C#N)c(OC[C@@H]3CCCN3C)nc3c2CCN(c2c(Cl)c(F)cc4[nH]ncc24)C3)C1. The van der Waals surface area contributed by atoms with Crippen molar-refractivity contribution >= 4 is 39.8 Å². The summed E-state index contributed by atoms with van der Waals surface area (Å²) in [5.41, 5.74) is 3.83. The fourth-order valence-corrected chi connectivity index (χ4v) is 6.16. The largest absolute Gasteiger partial charge is 0.475 e. The molecule has 0 unspecified atom stereocenters. The fourth-order valence-electron chi connectivity index (χ4n) is 5.89. The van der Waals surface area contributed by atoms with Crippen LogP contribution in [0.4, 0.5) is 15.8 Å². The molecule has 0 radical (unpaired) electrons. The first kappa shape index (κ1) is 26.3. The van der Waals surface area contributed by atoms with Crippen molar-refractivity contribution in [1.29, 1.82) is 5.26 Å². The fraction of sp³-hybridized carbons (Fsp3) is 0.429. The number of nitrogens with one attached hydrogen (secondary N) is 2. The Kier molecular flexibility index (Phi) is 6.98. The number of ether oxygens (including phenoxy) is 1. The lowest BCUT2D eigenvalue weighted by molar-refractivity contribution is -0.129. The molecule has 0 saturated carbocycles. The summed E-state index contributed by atoms with van der Waals surface area (Å²) in [6, 6.07) is 3.90. The van der Waals surface area contributed by atoms with E-state index in [1.807, 2.05) is 4.90 Å². The molecule has 0 spiro atoms. The number of carbonyl (C=O) groups is 1. The number of H-pyrrole nitrogens is 1. The molecule has 3 aliphatic heterocycles. The smallest absolute Gasteiger partial charge is 0.246 e. The van der Waals surface area contributed by atoms with E-state index in [4.69, 9.17) is 21.3 Å². The molecule has 12 heteroatoms. The van der Waals surface area contributed by atoms with Crippen LogP contribution in [0.15, 0.2) is 24.9 Å². The second-order valence-corrected chi connectivity index (χ2v) is 11.0. The van der Waals surface area contributed by atoms with E-state index in [1.165, 1.54) is 12.1 Å². The van der Waals surface area contributed by atoms with Gasteiger partial charge in [-0.25, -0.2) is 9.37 Å². The van der Waals surface area contributed by atoms with Gasteiger partial charge >= 0.3 is 0 Å². The van der Waals surface area contributed by atoms with Gasteiger partial charge in [0, 0.05) is 42.7 Å². The van der Waals surface area contributed by atoms with Gasteiger partial charge in [0.2, 0.25) is 11.8 Å². The summed E-state index contributed by atoms with van der Waals surface area (Å²) in [5, 5.41) is 21.4. The minimum absolute atomic E-state index is 0.0161. The Bertz CT molecular complexity index is 1530. The maximum absolute atomic E-state index is 14.7. The standard InChI is InChI=1S/C28H30ClFN8O2/c1-3-24(39)38-12-16(13-38)33-26-18-6-8-37(27-20-11-32-35-22(20)9-21(30)25(27)29)14-23(18)34-28(19(26)10-31)40-15-17-5-4-7-36(17)2/h3,9,11,16-17H,1,4-8,12-15H2,2H3,(H,32,35)(H,33,34)/t17-/m0/s1. The number of anilines is 2. The van der Waals surface area contributed by atoms with Gasteiger partial charge in [-0.15, -0.1) is 0 Å². The number of hydrogen-bond acceptors (Lipinski definition) is 8. The predicted molar refractivity (Wildman–Crippen MR) is 150 cm³/mol. The molecule has 0 aliphatic carbocycles. The molecular weight excluding hydrogens is 535 g/mol. The second-order valence-electron chi connectivity index (χ2n) is 10.6. The third-order valence-electron chi connectivity index (χ3n) is 8.16. The normalized spacial score (nSPS) is 19.3. The Hall–Kier alpha value is -3.88. The first-order valence-electron chi connectivity index (χ1n) is 13.4. The van der Waals surface area contributed by atoms with Gasteiger partial charge in [-0.1, -0.05) is 18.2 Å². The summed E-state index contributed by atoms with van der Waals surface area (Å²) < 4.78 is 20.9. The third-order valence-corrected chi connectivity index (χ3v) is 8.52. The number of likely N-dealkylation sites (tertiary alicyclic amines) is 2. The van der Waals surface area contributed by atoms with Crippen molar-refractivity contribution in [1.82, 2.24) is 25.0 Å². The highest BCUT2D eigenvalue weighted by molar-refractivity contribution is 6.35. The van der Waals surface area contributed by atoms with Gasteiger partial charge < -0.3 is 24.8 Å². The van der Waals surface area contributed by atoms with Gasteiger partial charge in [-0.2, -0.15) is 10.4 Å². The van der Waals surface area contributed by atoms with E-state index in [0.717, 1.165) is 36.0 Å².